The van der Waals surface area contributed by atoms with Crippen LogP contribution < -0.4 is 0 Å². The van der Waals surface area contributed by atoms with E-state index in [-0.39, 0.29) is 0 Å². The van der Waals surface area contributed by atoms with Crippen LogP contribution in [-0.4, -0.2) is 5.71 Å². The van der Waals surface area contributed by atoms with Gasteiger partial charge in [-0.15, -0.1) is 0 Å². The Hall–Kier alpha value is -2.41. The van der Waals surface area contributed by atoms with Crippen molar-refractivity contribution in [3.8, 4) is 0 Å². The quantitative estimate of drug-likeness (QED) is 0.551. The summed E-state index contributed by atoms with van der Waals surface area (Å²) < 4.78 is 0. The fraction of sp³-hybridized carbons (Fsp3) is 0. The largest absolute Gasteiger partial charge is 0.256 e. The van der Waals surface area contributed by atoms with Gasteiger partial charge in [-0.25, -0.2) is 0 Å². The summed E-state index contributed by atoms with van der Waals surface area (Å²) in [5.41, 5.74) is 2.27. The Kier molecular flexibility index (Phi) is 1.89. The average molecular weight is 229 g/mol. The first-order valence-electron chi connectivity index (χ1n) is 6.08. The highest BCUT2D eigenvalue weighted by Crippen LogP contribution is 2.26. The average Bonchev–Trinajstić information content (AvgIpc) is 2.36. The number of rotatable bonds is 1. The van der Waals surface area contributed by atoms with Gasteiger partial charge in [0.15, 0.2) is 0 Å². The van der Waals surface area contributed by atoms with Gasteiger partial charge in [0.2, 0.25) is 0 Å². The van der Waals surface area contributed by atoms with Crippen LogP contribution in [0.2, 0.25) is 0 Å². The molecular formula is C17H11N. The lowest BCUT2D eigenvalue weighted by molar-refractivity contribution is 1.48. The lowest BCUT2D eigenvalue weighted by Gasteiger charge is -2.09. The topological polar surface area (TPSA) is 12.4 Å². The summed E-state index contributed by atoms with van der Waals surface area (Å²) in [7, 11) is 0. The van der Waals surface area contributed by atoms with E-state index in [1.165, 1.54) is 27.1 Å². The van der Waals surface area contributed by atoms with Gasteiger partial charge >= 0.3 is 0 Å². The predicted molar refractivity (Wildman–Crippen MR) is 77.1 cm³/mol. The number of hydrogen-bond acceptors (Lipinski definition) is 1. The number of benzene rings is 3. The standard InChI is InChI=1S/C17H11N/c1-2-4-15-12(3-1)5-6-13-11-14(7-8-16(13)15)17-9-10-18-17/h1-11H. The van der Waals surface area contributed by atoms with E-state index < -0.39 is 0 Å². The molecule has 84 valence electrons. The molecule has 0 saturated heterocycles. The van der Waals surface area contributed by atoms with Gasteiger partial charge in [0, 0.05) is 11.8 Å². The molecule has 3 aromatic rings. The summed E-state index contributed by atoms with van der Waals surface area (Å²) in [5, 5.41) is 5.18. The van der Waals surface area contributed by atoms with E-state index in [0.29, 0.717) is 0 Å². The van der Waals surface area contributed by atoms with Crippen LogP contribution >= 0.6 is 0 Å². The molecule has 0 unspecified atom stereocenters. The number of nitrogens with zero attached hydrogens (tertiary/aromatic N) is 1. The van der Waals surface area contributed by atoms with Crippen LogP contribution in [0.3, 0.4) is 0 Å². The second-order valence-corrected chi connectivity index (χ2v) is 4.55. The molecule has 0 amide bonds. The zero-order valence-corrected chi connectivity index (χ0v) is 9.80. The van der Waals surface area contributed by atoms with Crippen molar-refractivity contribution in [1.82, 2.24) is 0 Å². The molecule has 3 aromatic carbocycles. The van der Waals surface area contributed by atoms with Gasteiger partial charge in [0.1, 0.15) is 0 Å². The Labute approximate surface area is 105 Å². The normalized spacial score (nSPS) is 13.7. The van der Waals surface area contributed by atoms with Crippen LogP contribution in [-0.2, 0) is 0 Å². The van der Waals surface area contributed by atoms with Gasteiger partial charge in [-0.05, 0) is 33.7 Å². The lowest BCUT2D eigenvalue weighted by Crippen LogP contribution is -2.01. The van der Waals surface area contributed by atoms with Crippen molar-refractivity contribution in [2.75, 3.05) is 0 Å². The van der Waals surface area contributed by atoms with Gasteiger partial charge < -0.3 is 0 Å². The van der Waals surface area contributed by atoms with Crippen molar-refractivity contribution < 1.29 is 0 Å². The monoisotopic (exact) mass is 229 g/mol. The van der Waals surface area contributed by atoms with Crippen LogP contribution in [0.25, 0.3) is 21.5 Å². The van der Waals surface area contributed by atoms with Crippen LogP contribution in [0.15, 0.2) is 71.9 Å². The van der Waals surface area contributed by atoms with E-state index in [9.17, 15) is 0 Å². The fourth-order valence-corrected chi connectivity index (χ4v) is 2.49. The Bertz CT molecular complexity index is 825. The van der Waals surface area contributed by atoms with Crippen molar-refractivity contribution in [2.45, 2.75) is 0 Å². The van der Waals surface area contributed by atoms with Crippen molar-refractivity contribution in [3.63, 3.8) is 0 Å². The first-order valence-corrected chi connectivity index (χ1v) is 6.08. The smallest absolute Gasteiger partial charge is 0.0717 e. The van der Waals surface area contributed by atoms with E-state index in [4.69, 9.17) is 0 Å². The molecule has 0 aliphatic carbocycles. The predicted octanol–water partition coefficient (Wildman–Crippen LogP) is 4.31. The molecule has 1 heterocycles. The van der Waals surface area contributed by atoms with Crippen molar-refractivity contribution in [2.24, 2.45) is 4.99 Å². The first kappa shape index (κ1) is 9.60. The maximum Gasteiger partial charge on any atom is 0.0717 e. The summed E-state index contributed by atoms with van der Waals surface area (Å²) in [6.45, 7) is 0. The molecule has 0 fully saturated rings. The molecule has 0 aromatic heterocycles. The van der Waals surface area contributed by atoms with E-state index in [0.717, 1.165) is 5.71 Å². The summed E-state index contributed by atoms with van der Waals surface area (Å²) in [6.07, 6.45) is 3.88. The van der Waals surface area contributed by atoms with Gasteiger partial charge in [-0.2, -0.15) is 0 Å². The third kappa shape index (κ3) is 1.31. The molecule has 0 radical (unpaired) electrons. The summed E-state index contributed by atoms with van der Waals surface area (Å²) in [5.74, 6) is 0. The molecule has 0 saturated carbocycles. The van der Waals surface area contributed by atoms with Gasteiger partial charge in [-0.1, -0.05) is 48.5 Å². The molecule has 1 aliphatic rings. The molecule has 0 spiro atoms. The Morgan fingerprint density at radius 2 is 1.50 bits per heavy atom. The molecule has 1 aliphatic heterocycles. The number of allylic oxidation sites excluding steroid dienone is 1. The summed E-state index contributed by atoms with van der Waals surface area (Å²) in [6, 6.07) is 19.4. The lowest BCUT2D eigenvalue weighted by atomic mass is 9.98. The zero-order chi connectivity index (χ0) is 11.9. The molecule has 4 rings (SSSR count). The Morgan fingerprint density at radius 3 is 2.33 bits per heavy atom. The minimum absolute atomic E-state index is 1.07. The van der Waals surface area contributed by atoms with E-state index in [1.807, 2.05) is 12.3 Å². The number of aliphatic imine (C=N–C) groups is 1. The van der Waals surface area contributed by atoms with Crippen molar-refractivity contribution in [3.05, 3.63) is 72.4 Å². The van der Waals surface area contributed by atoms with E-state index in [1.54, 1.807) is 0 Å². The first-order chi connectivity index (χ1) is 8.92. The fourth-order valence-electron chi connectivity index (χ4n) is 2.49. The summed E-state index contributed by atoms with van der Waals surface area (Å²) in [4.78, 5) is 4.24. The number of fused-ring (bicyclic) bond motifs is 3. The van der Waals surface area contributed by atoms with Crippen LogP contribution in [0.1, 0.15) is 5.56 Å². The SMILES string of the molecule is C1=CC(c2ccc3c(ccc4ccccc43)c2)=N1. The Balaban J connectivity index is 2.03. The third-order valence-corrected chi connectivity index (χ3v) is 3.49. The van der Waals surface area contributed by atoms with Gasteiger partial charge in [-0.3, -0.25) is 4.99 Å². The van der Waals surface area contributed by atoms with Gasteiger partial charge in [0.05, 0.1) is 5.71 Å². The zero-order valence-electron chi connectivity index (χ0n) is 9.80. The highest BCUT2D eigenvalue weighted by molar-refractivity contribution is 6.15. The second kappa shape index (κ2) is 3.54. The Morgan fingerprint density at radius 1 is 0.722 bits per heavy atom. The molecule has 18 heavy (non-hydrogen) atoms. The molecule has 1 heteroatoms. The van der Waals surface area contributed by atoms with Gasteiger partial charge in [0.25, 0.3) is 0 Å². The number of hydrogen-bond donors (Lipinski definition) is 0. The highest BCUT2D eigenvalue weighted by Gasteiger charge is 2.06. The molecule has 0 atom stereocenters. The van der Waals surface area contributed by atoms with E-state index >= 15 is 0 Å². The minimum Gasteiger partial charge on any atom is -0.256 e. The maximum absolute atomic E-state index is 4.24. The second-order valence-electron chi connectivity index (χ2n) is 4.55. The molecular weight excluding hydrogens is 218 g/mol. The summed E-state index contributed by atoms with van der Waals surface area (Å²) >= 11 is 0. The van der Waals surface area contributed by atoms with Crippen LogP contribution in [0.5, 0.6) is 0 Å². The third-order valence-electron chi connectivity index (χ3n) is 3.49. The van der Waals surface area contributed by atoms with Crippen molar-refractivity contribution in [1.29, 1.82) is 0 Å². The maximum atomic E-state index is 4.24. The van der Waals surface area contributed by atoms with Crippen molar-refractivity contribution >= 4 is 27.3 Å². The molecule has 0 N–H and O–H groups in total. The van der Waals surface area contributed by atoms with Crippen LogP contribution in [0, 0.1) is 0 Å². The molecule has 1 nitrogen and oxygen atoms in total. The van der Waals surface area contributed by atoms with Crippen LogP contribution in [0.4, 0.5) is 0 Å². The van der Waals surface area contributed by atoms with E-state index in [2.05, 4.69) is 59.6 Å². The minimum atomic E-state index is 1.07. The highest BCUT2D eigenvalue weighted by atomic mass is 14.7. The molecule has 0 bridgehead atoms.